The number of nitrogens with zero attached hydrogens (tertiary/aromatic N) is 3. The lowest BCUT2D eigenvalue weighted by molar-refractivity contribution is 1.18. The van der Waals surface area contributed by atoms with Gasteiger partial charge in [-0.2, -0.15) is 0 Å². The van der Waals surface area contributed by atoms with Gasteiger partial charge in [0.05, 0.1) is 28.8 Å². The molecular weight excluding hydrogens is 558 g/mol. The van der Waals surface area contributed by atoms with Crippen molar-refractivity contribution in [2.75, 3.05) is 0 Å². The molecule has 3 heteroatoms. The minimum atomic E-state index is 0.642. The Hall–Kier alpha value is -6.24. The van der Waals surface area contributed by atoms with Crippen molar-refractivity contribution in [3.05, 3.63) is 163 Å². The standard InChI is InChI=1S/C43H27N3/c1-27-16-20-34-37(24-27)42(32-13-7-8-14-33(32)43(34)39-21-17-28-10-6-9-15-38(28)45-39)29-18-22-40-35(25-29)36-26-30(44-2)19-23-41(36)46(40)31-11-4-3-5-12-31/h3-26H,1H3. The van der Waals surface area contributed by atoms with Crippen LogP contribution in [0.4, 0.5) is 5.69 Å². The number of hydrogen-bond donors (Lipinski definition) is 0. The number of benzene rings is 7. The number of aryl methyl sites for hydroxylation is 1. The van der Waals surface area contributed by atoms with Gasteiger partial charge in [0.2, 0.25) is 0 Å². The van der Waals surface area contributed by atoms with Crippen molar-refractivity contribution in [3.63, 3.8) is 0 Å². The van der Waals surface area contributed by atoms with E-state index in [0.717, 1.165) is 55.2 Å². The highest BCUT2D eigenvalue weighted by Crippen LogP contribution is 2.45. The van der Waals surface area contributed by atoms with E-state index in [9.17, 15) is 0 Å². The van der Waals surface area contributed by atoms with Gasteiger partial charge in [-0.15, -0.1) is 0 Å². The molecule has 3 nitrogen and oxygen atoms in total. The minimum absolute atomic E-state index is 0.642. The Balaban J connectivity index is 1.38. The van der Waals surface area contributed by atoms with Crippen molar-refractivity contribution in [3.8, 4) is 28.1 Å². The predicted molar refractivity (Wildman–Crippen MR) is 193 cm³/mol. The highest BCUT2D eigenvalue weighted by atomic mass is 15.0. The highest BCUT2D eigenvalue weighted by molar-refractivity contribution is 6.22. The van der Waals surface area contributed by atoms with Crippen molar-refractivity contribution in [2.45, 2.75) is 6.92 Å². The summed E-state index contributed by atoms with van der Waals surface area (Å²) in [4.78, 5) is 8.94. The fraction of sp³-hybridized carbons (Fsp3) is 0.0233. The fourth-order valence-corrected chi connectivity index (χ4v) is 7.18. The molecule has 0 saturated heterocycles. The molecule has 46 heavy (non-hydrogen) atoms. The van der Waals surface area contributed by atoms with E-state index in [2.05, 4.69) is 138 Å². The molecule has 9 rings (SSSR count). The van der Waals surface area contributed by atoms with Crippen LogP contribution in [0.1, 0.15) is 5.56 Å². The average Bonchev–Trinajstić information content (AvgIpc) is 3.43. The third-order valence-corrected chi connectivity index (χ3v) is 9.21. The molecule has 214 valence electrons. The van der Waals surface area contributed by atoms with Crippen molar-refractivity contribution >= 4 is 59.9 Å². The van der Waals surface area contributed by atoms with Crippen LogP contribution in [0.5, 0.6) is 0 Å². The Bertz CT molecular complexity index is 2710. The lowest BCUT2D eigenvalue weighted by atomic mass is 9.86. The predicted octanol–water partition coefficient (Wildman–Crippen LogP) is 11.8. The molecule has 0 atom stereocenters. The van der Waals surface area contributed by atoms with Crippen molar-refractivity contribution < 1.29 is 0 Å². The van der Waals surface area contributed by atoms with Gasteiger partial charge in [-0.25, -0.2) is 9.83 Å². The van der Waals surface area contributed by atoms with E-state index < -0.39 is 0 Å². The molecule has 0 unspecified atom stereocenters. The molecule has 2 aromatic heterocycles. The summed E-state index contributed by atoms with van der Waals surface area (Å²) in [5, 5.41) is 8.11. The van der Waals surface area contributed by atoms with Crippen LogP contribution in [0.25, 0.3) is 87.2 Å². The van der Waals surface area contributed by atoms with E-state index in [4.69, 9.17) is 11.6 Å². The first-order chi connectivity index (χ1) is 22.7. The third kappa shape index (κ3) is 3.94. The zero-order valence-corrected chi connectivity index (χ0v) is 25.2. The summed E-state index contributed by atoms with van der Waals surface area (Å²) >= 11 is 0. The second-order valence-corrected chi connectivity index (χ2v) is 11.9. The van der Waals surface area contributed by atoms with Gasteiger partial charge in [0, 0.05) is 22.0 Å². The van der Waals surface area contributed by atoms with Gasteiger partial charge in [-0.1, -0.05) is 103 Å². The van der Waals surface area contributed by atoms with E-state index >= 15 is 0 Å². The van der Waals surface area contributed by atoms with Gasteiger partial charge in [-0.3, -0.25) is 0 Å². The maximum absolute atomic E-state index is 7.72. The van der Waals surface area contributed by atoms with Gasteiger partial charge in [-0.05, 0) is 93.5 Å². The molecule has 0 radical (unpaired) electrons. The zero-order valence-electron chi connectivity index (χ0n) is 25.2. The van der Waals surface area contributed by atoms with Gasteiger partial charge in [0.1, 0.15) is 0 Å². The molecule has 0 aliphatic carbocycles. The van der Waals surface area contributed by atoms with E-state index in [1.807, 2.05) is 24.3 Å². The van der Waals surface area contributed by atoms with E-state index in [-0.39, 0.29) is 0 Å². The first-order valence-electron chi connectivity index (χ1n) is 15.5. The molecule has 0 spiro atoms. The average molecular weight is 586 g/mol. The Morgan fingerprint density at radius 2 is 1.24 bits per heavy atom. The van der Waals surface area contributed by atoms with Crippen LogP contribution in [-0.4, -0.2) is 9.55 Å². The number of pyridine rings is 1. The van der Waals surface area contributed by atoms with Crippen LogP contribution in [-0.2, 0) is 0 Å². The first kappa shape index (κ1) is 26.2. The summed E-state index contributed by atoms with van der Waals surface area (Å²) in [6.07, 6.45) is 0. The molecule has 0 saturated carbocycles. The number of hydrogen-bond acceptors (Lipinski definition) is 1. The summed E-state index contributed by atoms with van der Waals surface area (Å²) in [6.45, 7) is 9.89. The van der Waals surface area contributed by atoms with Crippen LogP contribution < -0.4 is 0 Å². The normalized spacial score (nSPS) is 11.6. The molecule has 7 aromatic carbocycles. The lowest BCUT2D eigenvalue weighted by Gasteiger charge is -2.18. The molecular formula is C43H27N3. The molecule has 0 fully saturated rings. The third-order valence-electron chi connectivity index (χ3n) is 9.21. The monoisotopic (exact) mass is 585 g/mol. The summed E-state index contributed by atoms with van der Waals surface area (Å²) in [5.41, 5.74) is 10.7. The van der Waals surface area contributed by atoms with Crippen LogP contribution in [0.3, 0.4) is 0 Å². The molecule has 0 aliphatic heterocycles. The van der Waals surface area contributed by atoms with Crippen molar-refractivity contribution in [1.82, 2.24) is 9.55 Å². The molecule has 0 N–H and O–H groups in total. The van der Waals surface area contributed by atoms with Gasteiger partial charge in [0.25, 0.3) is 0 Å². The quantitative estimate of drug-likeness (QED) is 0.149. The molecule has 0 bridgehead atoms. The maximum atomic E-state index is 7.72. The second-order valence-electron chi connectivity index (χ2n) is 11.9. The summed E-state index contributed by atoms with van der Waals surface area (Å²) in [6, 6.07) is 51.4. The maximum Gasteiger partial charge on any atom is 0.188 e. The Morgan fingerprint density at radius 1 is 0.543 bits per heavy atom. The second kappa shape index (κ2) is 10.2. The summed E-state index contributed by atoms with van der Waals surface area (Å²) in [5.74, 6) is 0. The molecule has 0 amide bonds. The van der Waals surface area contributed by atoms with Crippen LogP contribution in [0.2, 0.25) is 0 Å². The van der Waals surface area contributed by atoms with Crippen molar-refractivity contribution in [2.24, 2.45) is 0 Å². The summed E-state index contributed by atoms with van der Waals surface area (Å²) < 4.78 is 2.30. The van der Waals surface area contributed by atoms with Gasteiger partial charge >= 0.3 is 0 Å². The number of fused-ring (bicyclic) bond motifs is 6. The number of para-hydroxylation sites is 2. The topological polar surface area (TPSA) is 22.2 Å². The Labute approximate surface area is 266 Å². The smallest absolute Gasteiger partial charge is 0.188 e. The highest BCUT2D eigenvalue weighted by Gasteiger charge is 2.20. The Kier molecular flexibility index (Phi) is 5.78. The van der Waals surface area contributed by atoms with Gasteiger partial charge < -0.3 is 4.57 Å². The van der Waals surface area contributed by atoms with Crippen LogP contribution in [0.15, 0.2) is 146 Å². The van der Waals surface area contributed by atoms with Crippen LogP contribution in [0, 0.1) is 13.5 Å². The SMILES string of the molecule is [C-]#[N+]c1ccc2c(c1)c1cc(-c3c4ccccc4c(-c4ccc5ccccc5n4)c4ccc(C)cc34)ccc1n2-c1ccccc1. The van der Waals surface area contributed by atoms with Crippen molar-refractivity contribution in [1.29, 1.82) is 0 Å². The fourth-order valence-electron chi connectivity index (χ4n) is 7.18. The van der Waals surface area contributed by atoms with E-state index in [0.29, 0.717) is 5.69 Å². The zero-order chi connectivity index (χ0) is 30.8. The molecule has 2 heterocycles. The van der Waals surface area contributed by atoms with Crippen LogP contribution >= 0.6 is 0 Å². The summed E-state index contributed by atoms with van der Waals surface area (Å²) in [7, 11) is 0. The number of aromatic nitrogens is 2. The van der Waals surface area contributed by atoms with E-state index in [1.54, 1.807) is 0 Å². The molecule has 0 aliphatic rings. The Morgan fingerprint density at radius 3 is 2.07 bits per heavy atom. The lowest BCUT2D eigenvalue weighted by Crippen LogP contribution is -1.94. The molecule has 9 aromatic rings. The number of rotatable bonds is 3. The first-order valence-corrected chi connectivity index (χ1v) is 15.5. The minimum Gasteiger partial charge on any atom is -0.309 e. The van der Waals surface area contributed by atoms with Gasteiger partial charge in [0.15, 0.2) is 5.69 Å². The largest absolute Gasteiger partial charge is 0.309 e. The van der Waals surface area contributed by atoms with E-state index in [1.165, 1.54) is 32.7 Å².